The van der Waals surface area contributed by atoms with E-state index in [1.165, 1.54) is 35.1 Å². The second kappa shape index (κ2) is 9.45. The molecule has 3 heteroatoms. The van der Waals surface area contributed by atoms with Crippen molar-refractivity contribution in [3.63, 3.8) is 0 Å². The molecule has 2 aliphatic rings. The molecule has 28 heavy (non-hydrogen) atoms. The molecule has 0 saturated carbocycles. The highest BCUT2D eigenvalue weighted by Gasteiger charge is 2.38. The Hall–Kier alpha value is -2.03. The fraction of sp³-hybridized carbons (Fsp3) is 0.560. The summed E-state index contributed by atoms with van der Waals surface area (Å²) in [5, 5.41) is 6.52. The third-order valence-corrected chi connectivity index (χ3v) is 6.82. The molecule has 0 aliphatic heterocycles. The summed E-state index contributed by atoms with van der Waals surface area (Å²) in [6.45, 7) is 9.80. The van der Waals surface area contributed by atoms with Gasteiger partial charge in [-0.3, -0.25) is 4.79 Å². The van der Waals surface area contributed by atoms with Crippen molar-refractivity contribution in [3.05, 3.63) is 58.8 Å². The SMILES string of the molecule is C=CNCCC1(CCNC(=O)C2=C(C)CCCC2)CCc2cc(CC)ccc21. The van der Waals surface area contributed by atoms with E-state index in [1.807, 2.05) is 0 Å². The molecule has 1 unspecified atom stereocenters. The monoisotopic (exact) mass is 380 g/mol. The average molecular weight is 381 g/mol. The number of carbonyl (C=O) groups excluding carboxylic acids is 1. The lowest BCUT2D eigenvalue weighted by Crippen LogP contribution is -2.35. The Labute approximate surface area is 170 Å². The van der Waals surface area contributed by atoms with Crippen molar-refractivity contribution < 1.29 is 4.79 Å². The van der Waals surface area contributed by atoms with Crippen molar-refractivity contribution in [2.75, 3.05) is 13.1 Å². The summed E-state index contributed by atoms with van der Waals surface area (Å²) in [6.07, 6.45) is 11.6. The summed E-state index contributed by atoms with van der Waals surface area (Å²) in [7, 11) is 0. The number of allylic oxidation sites excluding steroid dienone is 1. The van der Waals surface area contributed by atoms with Crippen LogP contribution in [0, 0.1) is 0 Å². The number of hydrogen-bond donors (Lipinski definition) is 2. The Morgan fingerprint density at radius 2 is 1.96 bits per heavy atom. The summed E-state index contributed by atoms with van der Waals surface area (Å²) < 4.78 is 0. The fourth-order valence-electron chi connectivity index (χ4n) is 5.04. The molecule has 2 aliphatic carbocycles. The van der Waals surface area contributed by atoms with Gasteiger partial charge >= 0.3 is 0 Å². The molecule has 3 nitrogen and oxygen atoms in total. The number of hydrogen-bond acceptors (Lipinski definition) is 2. The maximum atomic E-state index is 12.7. The molecule has 2 N–H and O–H groups in total. The van der Waals surface area contributed by atoms with Gasteiger partial charge < -0.3 is 10.6 Å². The van der Waals surface area contributed by atoms with Crippen molar-refractivity contribution in [3.8, 4) is 0 Å². The van der Waals surface area contributed by atoms with Crippen LogP contribution in [0.15, 0.2) is 42.1 Å². The lowest BCUT2D eigenvalue weighted by atomic mass is 9.75. The molecule has 0 heterocycles. The summed E-state index contributed by atoms with van der Waals surface area (Å²) in [6, 6.07) is 7.03. The number of amides is 1. The van der Waals surface area contributed by atoms with Gasteiger partial charge in [-0.2, -0.15) is 0 Å². The van der Waals surface area contributed by atoms with Gasteiger partial charge in [0.05, 0.1) is 0 Å². The molecule has 1 atom stereocenters. The van der Waals surface area contributed by atoms with E-state index in [2.05, 4.69) is 49.3 Å². The Kier molecular flexibility index (Phi) is 6.98. The van der Waals surface area contributed by atoms with E-state index in [9.17, 15) is 4.79 Å². The first-order chi connectivity index (χ1) is 13.6. The zero-order chi connectivity index (χ0) is 20.0. The molecule has 152 valence electrons. The predicted octanol–water partition coefficient (Wildman–Crippen LogP) is 4.95. The van der Waals surface area contributed by atoms with Gasteiger partial charge in [-0.05, 0) is 93.0 Å². The minimum atomic E-state index is 0.154. The molecule has 0 fully saturated rings. The number of carbonyl (C=O) groups is 1. The second-order valence-electron chi connectivity index (χ2n) is 8.51. The van der Waals surface area contributed by atoms with Gasteiger partial charge in [-0.15, -0.1) is 0 Å². The van der Waals surface area contributed by atoms with Crippen LogP contribution in [0.5, 0.6) is 0 Å². The topological polar surface area (TPSA) is 41.1 Å². The number of benzene rings is 1. The van der Waals surface area contributed by atoms with Crippen LogP contribution in [0.2, 0.25) is 0 Å². The first kappa shape index (κ1) is 20.7. The first-order valence-electron chi connectivity index (χ1n) is 11.0. The molecule has 3 rings (SSSR count). The van der Waals surface area contributed by atoms with Crippen LogP contribution in [0.25, 0.3) is 0 Å². The minimum Gasteiger partial charge on any atom is -0.391 e. The van der Waals surface area contributed by atoms with Crippen LogP contribution >= 0.6 is 0 Å². The number of nitrogens with one attached hydrogen (secondary N) is 2. The highest BCUT2D eigenvalue weighted by atomic mass is 16.1. The van der Waals surface area contributed by atoms with Crippen LogP contribution in [-0.2, 0) is 23.1 Å². The van der Waals surface area contributed by atoms with E-state index in [-0.39, 0.29) is 11.3 Å². The quantitative estimate of drug-likeness (QED) is 0.595. The Morgan fingerprint density at radius 3 is 2.71 bits per heavy atom. The fourth-order valence-corrected chi connectivity index (χ4v) is 5.04. The van der Waals surface area contributed by atoms with Gasteiger partial charge in [0.15, 0.2) is 0 Å². The van der Waals surface area contributed by atoms with Gasteiger partial charge in [0.2, 0.25) is 5.91 Å². The summed E-state index contributed by atoms with van der Waals surface area (Å²) in [4.78, 5) is 12.7. The van der Waals surface area contributed by atoms with Gasteiger partial charge in [0.1, 0.15) is 0 Å². The molecule has 1 amide bonds. The van der Waals surface area contributed by atoms with E-state index in [1.54, 1.807) is 6.20 Å². The summed E-state index contributed by atoms with van der Waals surface area (Å²) in [5.74, 6) is 0.163. The van der Waals surface area contributed by atoms with Gasteiger partial charge in [0.25, 0.3) is 0 Å². The predicted molar refractivity (Wildman–Crippen MR) is 117 cm³/mol. The zero-order valence-corrected chi connectivity index (χ0v) is 17.7. The van der Waals surface area contributed by atoms with Crippen LogP contribution in [-0.4, -0.2) is 19.0 Å². The average Bonchev–Trinajstić information content (AvgIpc) is 3.06. The third-order valence-electron chi connectivity index (χ3n) is 6.82. The third kappa shape index (κ3) is 4.51. The lowest BCUT2D eigenvalue weighted by Gasteiger charge is -2.31. The zero-order valence-electron chi connectivity index (χ0n) is 17.7. The Bertz CT molecular complexity index is 749. The Morgan fingerprint density at radius 1 is 1.18 bits per heavy atom. The van der Waals surface area contributed by atoms with E-state index in [0.717, 1.165) is 63.6 Å². The second-order valence-corrected chi connectivity index (χ2v) is 8.51. The molecule has 0 bridgehead atoms. The molecule has 1 aromatic rings. The van der Waals surface area contributed by atoms with E-state index >= 15 is 0 Å². The van der Waals surface area contributed by atoms with Crippen LogP contribution in [0.4, 0.5) is 0 Å². The standard InChI is InChI=1S/C25H36N2O/c1-4-20-10-11-23-21(18-20)12-13-25(23,14-16-26-5-2)15-17-27-24(28)22-9-7-6-8-19(22)3/h5,10-11,18,26H,2,4,6-9,12-17H2,1,3H3,(H,27,28). The normalized spacial score (nSPS) is 21.4. The van der Waals surface area contributed by atoms with Crippen molar-refractivity contribution in [2.24, 2.45) is 0 Å². The van der Waals surface area contributed by atoms with Crippen LogP contribution < -0.4 is 10.6 Å². The van der Waals surface area contributed by atoms with E-state index in [0.29, 0.717) is 0 Å². The molecule has 0 spiro atoms. The Balaban J connectivity index is 1.70. The molecular formula is C25H36N2O. The van der Waals surface area contributed by atoms with Crippen molar-refractivity contribution in [1.82, 2.24) is 10.6 Å². The molecule has 0 saturated heterocycles. The van der Waals surface area contributed by atoms with Crippen molar-refractivity contribution >= 4 is 5.91 Å². The van der Waals surface area contributed by atoms with Crippen LogP contribution in [0.3, 0.4) is 0 Å². The molecular weight excluding hydrogens is 344 g/mol. The van der Waals surface area contributed by atoms with Crippen molar-refractivity contribution in [1.29, 1.82) is 0 Å². The van der Waals surface area contributed by atoms with Gasteiger partial charge in [0, 0.05) is 18.7 Å². The number of rotatable bonds is 9. The van der Waals surface area contributed by atoms with Gasteiger partial charge in [-0.1, -0.05) is 37.3 Å². The van der Waals surface area contributed by atoms with Crippen molar-refractivity contribution in [2.45, 2.75) is 77.0 Å². The molecule has 1 aromatic carbocycles. The van der Waals surface area contributed by atoms with Crippen LogP contribution in [0.1, 0.15) is 75.5 Å². The largest absolute Gasteiger partial charge is 0.391 e. The maximum Gasteiger partial charge on any atom is 0.247 e. The lowest BCUT2D eigenvalue weighted by molar-refractivity contribution is -0.117. The molecule has 0 radical (unpaired) electrons. The number of aryl methyl sites for hydroxylation is 2. The highest BCUT2D eigenvalue weighted by Crippen LogP contribution is 2.44. The van der Waals surface area contributed by atoms with Gasteiger partial charge in [-0.25, -0.2) is 0 Å². The molecule has 0 aromatic heterocycles. The summed E-state index contributed by atoms with van der Waals surface area (Å²) in [5.41, 5.74) is 6.90. The van der Waals surface area contributed by atoms with E-state index < -0.39 is 0 Å². The maximum absolute atomic E-state index is 12.7. The first-order valence-corrected chi connectivity index (χ1v) is 11.0. The van der Waals surface area contributed by atoms with E-state index in [4.69, 9.17) is 0 Å². The minimum absolute atomic E-state index is 0.154. The summed E-state index contributed by atoms with van der Waals surface area (Å²) >= 11 is 0. The number of fused-ring (bicyclic) bond motifs is 1. The smallest absolute Gasteiger partial charge is 0.247 e. The highest BCUT2D eigenvalue weighted by molar-refractivity contribution is 5.94.